The van der Waals surface area contributed by atoms with Crippen LogP contribution in [0.2, 0.25) is 0 Å². The van der Waals surface area contributed by atoms with Crippen LogP contribution in [0.5, 0.6) is 0 Å². The largest absolute Gasteiger partial charge is 0.460 e. The summed E-state index contributed by atoms with van der Waals surface area (Å²) in [6.07, 6.45) is 1.33. The van der Waals surface area contributed by atoms with Gasteiger partial charge in [-0.25, -0.2) is 18.3 Å². The summed E-state index contributed by atoms with van der Waals surface area (Å²) in [6.45, 7) is 3.22. The number of carbonyl (C=O) groups excluding carboxylic acids is 1. The highest BCUT2D eigenvalue weighted by Crippen LogP contribution is 2.16. The predicted octanol–water partition coefficient (Wildman–Crippen LogP) is 2.31. The molecule has 3 rings (SSSR count). The second-order valence-corrected chi connectivity index (χ2v) is 5.28. The highest BCUT2D eigenvalue weighted by atomic mass is 19.2. The van der Waals surface area contributed by atoms with E-state index in [0.717, 1.165) is 11.8 Å². The lowest BCUT2D eigenvalue weighted by Gasteiger charge is -2.10. The van der Waals surface area contributed by atoms with Crippen LogP contribution in [0.3, 0.4) is 0 Å². The van der Waals surface area contributed by atoms with E-state index in [-0.39, 0.29) is 18.6 Å². The SMILES string of the molecule is Cc1nc2ncnn2c(C)c1CC(=O)OCc1cccc(F)c1F. The maximum absolute atomic E-state index is 13.6. The molecule has 0 atom stereocenters. The molecule has 0 saturated heterocycles. The van der Waals surface area contributed by atoms with Gasteiger partial charge in [0, 0.05) is 22.5 Å². The fraction of sp³-hybridized carbons (Fsp3) is 0.250. The standard InChI is InChI=1S/C16H14F2N4O2/c1-9-12(10(2)22-16(21-9)19-8-20-22)6-14(23)24-7-11-4-3-5-13(17)15(11)18/h3-5,8H,6-7H2,1-2H3. The molecule has 124 valence electrons. The summed E-state index contributed by atoms with van der Waals surface area (Å²) in [7, 11) is 0. The summed E-state index contributed by atoms with van der Waals surface area (Å²) >= 11 is 0. The van der Waals surface area contributed by atoms with Crippen LogP contribution in [0, 0.1) is 25.5 Å². The number of hydrogen-bond acceptors (Lipinski definition) is 5. The smallest absolute Gasteiger partial charge is 0.310 e. The molecule has 0 spiro atoms. The van der Waals surface area contributed by atoms with Gasteiger partial charge >= 0.3 is 5.97 Å². The van der Waals surface area contributed by atoms with Crippen LogP contribution in [-0.4, -0.2) is 25.6 Å². The number of ether oxygens (including phenoxy) is 1. The van der Waals surface area contributed by atoms with Gasteiger partial charge in [-0.15, -0.1) is 0 Å². The molecule has 3 aromatic rings. The number of esters is 1. The Bertz CT molecular complexity index is 924. The fourth-order valence-electron chi connectivity index (χ4n) is 2.42. The molecule has 2 heterocycles. The Balaban J connectivity index is 1.74. The zero-order valence-electron chi connectivity index (χ0n) is 13.1. The van der Waals surface area contributed by atoms with Crippen LogP contribution < -0.4 is 0 Å². The van der Waals surface area contributed by atoms with Gasteiger partial charge in [0.2, 0.25) is 0 Å². The van der Waals surface area contributed by atoms with Gasteiger partial charge in [0.15, 0.2) is 11.6 Å². The first-order valence-corrected chi connectivity index (χ1v) is 7.21. The Hall–Kier alpha value is -2.90. The molecule has 0 aliphatic rings. The Morgan fingerprint density at radius 1 is 1.29 bits per heavy atom. The minimum Gasteiger partial charge on any atom is -0.460 e. The third-order valence-electron chi connectivity index (χ3n) is 3.73. The molecule has 0 fully saturated rings. The van der Waals surface area contributed by atoms with Gasteiger partial charge in [-0.05, 0) is 19.9 Å². The fourth-order valence-corrected chi connectivity index (χ4v) is 2.42. The molecule has 0 unspecified atom stereocenters. The lowest BCUT2D eigenvalue weighted by Crippen LogP contribution is -2.14. The number of aryl methyl sites for hydroxylation is 2. The van der Waals surface area contributed by atoms with Crippen LogP contribution in [0.4, 0.5) is 8.78 Å². The van der Waals surface area contributed by atoms with E-state index < -0.39 is 17.6 Å². The van der Waals surface area contributed by atoms with E-state index >= 15 is 0 Å². The molecule has 0 N–H and O–H groups in total. The lowest BCUT2D eigenvalue weighted by atomic mass is 10.1. The number of rotatable bonds is 4. The van der Waals surface area contributed by atoms with Crippen LogP contribution in [0.1, 0.15) is 22.5 Å². The van der Waals surface area contributed by atoms with E-state index in [1.54, 1.807) is 13.8 Å². The van der Waals surface area contributed by atoms with E-state index in [2.05, 4.69) is 15.1 Å². The van der Waals surface area contributed by atoms with Gasteiger partial charge in [0.25, 0.3) is 5.78 Å². The molecule has 0 bridgehead atoms. The first kappa shape index (κ1) is 16.0. The Kier molecular flexibility index (Phi) is 4.20. The Morgan fingerprint density at radius 3 is 2.88 bits per heavy atom. The van der Waals surface area contributed by atoms with Crippen molar-refractivity contribution >= 4 is 11.7 Å². The summed E-state index contributed by atoms with van der Waals surface area (Å²) in [5.41, 5.74) is 2.02. The Labute approximate surface area is 136 Å². The molecule has 2 aromatic heterocycles. The number of benzene rings is 1. The molecule has 0 radical (unpaired) electrons. The molecule has 1 aromatic carbocycles. The van der Waals surface area contributed by atoms with Crippen molar-refractivity contribution in [2.24, 2.45) is 0 Å². The summed E-state index contributed by atoms with van der Waals surface area (Å²) < 4.78 is 33.3. The zero-order valence-corrected chi connectivity index (χ0v) is 13.1. The van der Waals surface area contributed by atoms with E-state index in [4.69, 9.17) is 4.74 Å². The van der Waals surface area contributed by atoms with Gasteiger partial charge in [-0.2, -0.15) is 10.1 Å². The zero-order chi connectivity index (χ0) is 17.3. The van der Waals surface area contributed by atoms with Gasteiger partial charge in [0.1, 0.15) is 12.9 Å². The van der Waals surface area contributed by atoms with Gasteiger partial charge in [-0.3, -0.25) is 4.79 Å². The molecule has 0 saturated carbocycles. The molecular weight excluding hydrogens is 318 g/mol. The third kappa shape index (κ3) is 2.94. The second-order valence-electron chi connectivity index (χ2n) is 5.28. The maximum Gasteiger partial charge on any atom is 0.310 e. The summed E-state index contributed by atoms with van der Waals surface area (Å²) in [6, 6.07) is 3.73. The maximum atomic E-state index is 13.6. The Morgan fingerprint density at radius 2 is 2.08 bits per heavy atom. The molecule has 6 nitrogen and oxygen atoms in total. The quantitative estimate of drug-likeness (QED) is 0.686. The number of fused-ring (bicyclic) bond motifs is 1. The molecule has 24 heavy (non-hydrogen) atoms. The van der Waals surface area contributed by atoms with Crippen molar-refractivity contribution in [1.29, 1.82) is 0 Å². The van der Waals surface area contributed by atoms with Gasteiger partial charge < -0.3 is 4.74 Å². The highest BCUT2D eigenvalue weighted by Gasteiger charge is 2.16. The average molecular weight is 332 g/mol. The summed E-state index contributed by atoms with van der Waals surface area (Å²) in [4.78, 5) is 20.3. The average Bonchev–Trinajstić information content (AvgIpc) is 3.01. The van der Waals surface area contributed by atoms with Crippen molar-refractivity contribution in [1.82, 2.24) is 19.6 Å². The van der Waals surface area contributed by atoms with E-state index in [1.165, 1.54) is 23.0 Å². The molecule has 0 aliphatic heterocycles. The van der Waals surface area contributed by atoms with E-state index in [0.29, 0.717) is 17.0 Å². The topological polar surface area (TPSA) is 69.4 Å². The van der Waals surface area contributed by atoms with Crippen LogP contribution in [0.25, 0.3) is 5.78 Å². The van der Waals surface area contributed by atoms with Gasteiger partial charge in [0.05, 0.1) is 6.42 Å². The van der Waals surface area contributed by atoms with Crippen molar-refractivity contribution < 1.29 is 18.3 Å². The van der Waals surface area contributed by atoms with Crippen molar-refractivity contribution in [3.05, 3.63) is 58.7 Å². The third-order valence-corrected chi connectivity index (χ3v) is 3.73. The number of aromatic nitrogens is 4. The van der Waals surface area contributed by atoms with Crippen molar-refractivity contribution in [3.63, 3.8) is 0 Å². The van der Waals surface area contributed by atoms with Crippen molar-refractivity contribution in [2.45, 2.75) is 26.9 Å². The highest BCUT2D eigenvalue weighted by molar-refractivity contribution is 5.73. The first-order valence-electron chi connectivity index (χ1n) is 7.21. The van der Waals surface area contributed by atoms with Crippen LogP contribution in [-0.2, 0) is 22.6 Å². The normalized spacial score (nSPS) is 11.0. The molecule has 8 heteroatoms. The number of hydrogen-bond donors (Lipinski definition) is 0. The monoisotopic (exact) mass is 332 g/mol. The number of nitrogens with zero attached hydrogens (tertiary/aromatic N) is 4. The minimum absolute atomic E-state index is 0.0124. The molecular formula is C16H14F2N4O2. The first-order chi connectivity index (χ1) is 11.5. The second kappa shape index (κ2) is 6.31. The number of carbonyl (C=O) groups is 1. The van der Waals surface area contributed by atoms with Crippen molar-refractivity contribution in [2.75, 3.05) is 0 Å². The van der Waals surface area contributed by atoms with Crippen LogP contribution >= 0.6 is 0 Å². The van der Waals surface area contributed by atoms with Crippen molar-refractivity contribution in [3.8, 4) is 0 Å². The van der Waals surface area contributed by atoms with Gasteiger partial charge in [-0.1, -0.05) is 12.1 Å². The van der Waals surface area contributed by atoms with E-state index in [9.17, 15) is 13.6 Å². The lowest BCUT2D eigenvalue weighted by molar-refractivity contribution is -0.144. The van der Waals surface area contributed by atoms with Crippen LogP contribution in [0.15, 0.2) is 24.5 Å². The number of halogens is 2. The summed E-state index contributed by atoms with van der Waals surface area (Å²) in [5, 5.41) is 4.04. The molecule has 0 aliphatic carbocycles. The van der Waals surface area contributed by atoms with E-state index in [1.807, 2.05) is 0 Å². The molecule has 0 amide bonds. The summed E-state index contributed by atoms with van der Waals surface area (Å²) in [5.74, 6) is -2.10. The predicted molar refractivity (Wildman–Crippen MR) is 80.1 cm³/mol. The minimum atomic E-state index is -1.01.